The van der Waals surface area contributed by atoms with Crippen LogP contribution in [-0.2, 0) is 0 Å². The van der Waals surface area contributed by atoms with Crippen LogP contribution in [-0.4, -0.2) is 39.1 Å². The second kappa shape index (κ2) is 7.54. The van der Waals surface area contributed by atoms with Crippen molar-refractivity contribution in [3.8, 4) is 11.4 Å². The van der Waals surface area contributed by atoms with Crippen LogP contribution in [0.5, 0.6) is 0 Å². The molecule has 0 aliphatic carbocycles. The number of piperidine rings is 1. The third kappa shape index (κ3) is 3.81. The summed E-state index contributed by atoms with van der Waals surface area (Å²) in [6.07, 6.45) is 1.68. The summed E-state index contributed by atoms with van der Waals surface area (Å²) in [6, 6.07) is 12.1. The van der Waals surface area contributed by atoms with Crippen LogP contribution in [0.15, 0.2) is 42.5 Å². The zero-order valence-electron chi connectivity index (χ0n) is 16.1. The van der Waals surface area contributed by atoms with E-state index < -0.39 is 0 Å². The summed E-state index contributed by atoms with van der Waals surface area (Å²) in [5.74, 6) is 1.46. The molecule has 4 rings (SSSR count). The van der Waals surface area contributed by atoms with Crippen LogP contribution in [0.3, 0.4) is 0 Å². The van der Waals surface area contributed by atoms with E-state index in [1.807, 2.05) is 30.9 Å². The van der Waals surface area contributed by atoms with E-state index in [1.54, 1.807) is 12.1 Å². The smallest absolute Gasteiger partial charge is 0.253 e. The lowest BCUT2D eigenvalue weighted by molar-refractivity contribution is 0.0711. The minimum atomic E-state index is -0.277. The van der Waals surface area contributed by atoms with Crippen LogP contribution >= 0.6 is 0 Å². The van der Waals surface area contributed by atoms with Crippen LogP contribution in [0.4, 0.5) is 4.39 Å². The Morgan fingerprint density at radius 2 is 1.71 bits per heavy atom. The second-order valence-electron chi connectivity index (χ2n) is 7.49. The largest absolute Gasteiger partial charge is 0.339 e. The predicted molar refractivity (Wildman–Crippen MR) is 106 cm³/mol. The average molecular weight is 378 g/mol. The van der Waals surface area contributed by atoms with Gasteiger partial charge in [-0.3, -0.25) is 9.89 Å². The number of carbonyl (C=O) groups excluding carboxylic acids is 1. The SMILES string of the molecule is Cc1cc(C)cc(C(=O)N2CCC(c3nc(-c4ccc(F)cc4)n[nH]3)CC2)c1. The molecule has 2 aromatic carbocycles. The molecule has 1 amide bonds. The number of H-pyrrole nitrogens is 1. The molecule has 5 nitrogen and oxygen atoms in total. The summed E-state index contributed by atoms with van der Waals surface area (Å²) in [6.45, 7) is 5.42. The lowest BCUT2D eigenvalue weighted by Crippen LogP contribution is -2.38. The van der Waals surface area contributed by atoms with Crippen molar-refractivity contribution in [3.63, 3.8) is 0 Å². The zero-order chi connectivity index (χ0) is 19.7. The number of nitrogens with zero attached hydrogens (tertiary/aromatic N) is 3. The van der Waals surface area contributed by atoms with Gasteiger partial charge in [0, 0.05) is 30.1 Å². The number of halogens is 1. The normalized spacial score (nSPS) is 15.0. The number of hydrogen-bond donors (Lipinski definition) is 1. The Kier molecular flexibility index (Phi) is 4.94. The molecule has 3 aromatic rings. The minimum Gasteiger partial charge on any atom is -0.339 e. The molecule has 2 heterocycles. The Bertz CT molecular complexity index is 968. The van der Waals surface area contributed by atoms with E-state index >= 15 is 0 Å². The summed E-state index contributed by atoms with van der Waals surface area (Å²) in [5.41, 5.74) is 3.75. The predicted octanol–water partition coefficient (Wildman–Crippen LogP) is 4.25. The molecule has 6 heteroatoms. The van der Waals surface area contributed by atoms with Crippen LogP contribution in [0.1, 0.15) is 46.1 Å². The second-order valence-corrected chi connectivity index (χ2v) is 7.49. The van der Waals surface area contributed by atoms with Crippen molar-refractivity contribution >= 4 is 5.91 Å². The Morgan fingerprint density at radius 1 is 1.07 bits per heavy atom. The molecule has 0 spiro atoms. The van der Waals surface area contributed by atoms with E-state index in [4.69, 9.17) is 0 Å². The maximum atomic E-state index is 13.1. The summed E-state index contributed by atoms with van der Waals surface area (Å²) in [4.78, 5) is 19.3. The van der Waals surface area contributed by atoms with Crippen molar-refractivity contribution in [2.75, 3.05) is 13.1 Å². The Hall–Kier alpha value is -3.02. The molecule has 1 fully saturated rings. The van der Waals surface area contributed by atoms with Gasteiger partial charge in [0.05, 0.1) is 0 Å². The fourth-order valence-electron chi connectivity index (χ4n) is 3.82. The Labute approximate surface area is 163 Å². The number of carbonyl (C=O) groups is 1. The van der Waals surface area contributed by atoms with Crippen molar-refractivity contribution in [2.24, 2.45) is 0 Å². The first-order chi connectivity index (χ1) is 13.5. The highest BCUT2D eigenvalue weighted by atomic mass is 19.1. The number of likely N-dealkylation sites (tertiary alicyclic amines) is 1. The Balaban J connectivity index is 1.41. The molecular weight excluding hydrogens is 355 g/mol. The third-order valence-electron chi connectivity index (χ3n) is 5.24. The molecule has 0 atom stereocenters. The van der Waals surface area contributed by atoms with Crippen LogP contribution in [0, 0.1) is 19.7 Å². The molecule has 0 bridgehead atoms. The first-order valence-electron chi connectivity index (χ1n) is 9.55. The van der Waals surface area contributed by atoms with Gasteiger partial charge in [-0.1, -0.05) is 17.2 Å². The summed E-state index contributed by atoms with van der Waals surface area (Å²) in [7, 11) is 0. The van der Waals surface area contributed by atoms with Gasteiger partial charge in [-0.2, -0.15) is 5.10 Å². The summed E-state index contributed by atoms with van der Waals surface area (Å²) < 4.78 is 13.1. The number of benzene rings is 2. The van der Waals surface area contributed by atoms with E-state index in [2.05, 4.69) is 21.2 Å². The van der Waals surface area contributed by atoms with E-state index in [9.17, 15) is 9.18 Å². The molecule has 1 saturated heterocycles. The van der Waals surface area contributed by atoms with E-state index in [0.717, 1.165) is 40.9 Å². The molecular formula is C22H23FN4O. The van der Waals surface area contributed by atoms with Gasteiger partial charge in [-0.15, -0.1) is 0 Å². The number of rotatable bonds is 3. The number of aromatic nitrogens is 3. The maximum absolute atomic E-state index is 13.1. The van der Waals surface area contributed by atoms with Crippen molar-refractivity contribution < 1.29 is 9.18 Å². The van der Waals surface area contributed by atoms with E-state index in [-0.39, 0.29) is 17.6 Å². The zero-order valence-corrected chi connectivity index (χ0v) is 16.1. The first kappa shape index (κ1) is 18.3. The molecule has 0 radical (unpaired) electrons. The van der Waals surface area contributed by atoms with Gasteiger partial charge in [0.2, 0.25) is 0 Å². The van der Waals surface area contributed by atoms with E-state index in [1.165, 1.54) is 12.1 Å². The quantitative estimate of drug-likeness (QED) is 0.741. The van der Waals surface area contributed by atoms with Gasteiger partial charge >= 0.3 is 0 Å². The van der Waals surface area contributed by atoms with Gasteiger partial charge in [0.25, 0.3) is 5.91 Å². The third-order valence-corrected chi connectivity index (χ3v) is 5.24. The number of aryl methyl sites for hydroxylation is 2. The van der Waals surface area contributed by atoms with Crippen LogP contribution in [0.2, 0.25) is 0 Å². The average Bonchev–Trinajstić information content (AvgIpc) is 3.17. The van der Waals surface area contributed by atoms with Gasteiger partial charge in [-0.05, 0) is 63.1 Å². The van der Waals surface area contributed by atoms with Crippen molar-refractivity contribution in [1.29, 1.82) is 0 Å². The lowest BCUT2D eigenvalue weighted by atomic mass is 9.95. The fraction of sp³-hybridized carbons (Fsp3) is 0.318. The van der Waals surface area contributed by atoms with Crippen molar-refractivity contribution in [3.05, 3.63) is 70.8 Å². The van der Waals surface area contributed by atoms with Crippen molar-refractivity contribution in [2.45, 2.75) is 32.6 Å². The Morgan fingerprint density at radius 3 is 2.36 bits per heavy atom. The number of nitrogens with one attached hydrogen (secondary N) is 1. The van der Waals surface area contributed by atoms with Gasteiger partial charge < -0.3 is 4.90 Å². The molecule has 144 valence electrons. The molecule has 0 saturated carbocycles. The standard InChI is InChI=1S/C22H23FN4O/c1-14-11-15(2)13-18(12-14)22(28)27-9-7-17(8-10-27)21-24-20(25-26-21)16-3-5-19(23)6-4-16/h3-6,11-13,17H,7-10H2,1-2H3,(H,24,25,26). The highest BCUT2D eigenvalue weighted by Crippen LogP contribution is 2.28. The minimum absolute atomic E-state index is 0.0924. The van der Waals surface area contributed by atoms with Crippen molar-refractivity contribution in [1.82, 2.24) is 20.1 Å². The van der Waals surface area contributed by atoms with Gasteiger partial charge in [0.15, 0.2) is 5.82 Å². The number of hydrogen-bond acceptors (Lipinski definition) is 3. The van der Waals surface area contributed by atoms with Crippen LogP contribution < -0.4 is 0 Å². The molecule has 28 heavy (non-hydrogen) atoms. The monoisotopic (exact) mass is 378 g/mol. The molecule has 0 unspecified atom stereocenters. The lowest BCUT2D eigenvalue weighted by Gasteiger charge is -2.31. The van der Waals surface area contributed by atoms with Crippen LogP contribution in [0.25, 0.3) is 11.4 Å². The summed E-state index contributed by atoms with van der Waals surface area (Å²) >= 11 is 0. The maximum Gasteiger partial charge on any atom is 0.253 e. The van der Waals surface area contributed by atoms with Gasteiger partial charge in [0.1, 0.15) is 11.6 Å². The highest BCUT2D eigenvalue weighted by Gasteiger charge is 2.27. The van der Waals surface area contributed by atoms with Gasteiger partial charge in [-0.25, -0.2) is 9.37 Å². The summed E-state index contributed by atoms with van der Waals surface area (Å²) in [5, 5.41) is 7.29. The molecule has 1 aliphatic rings. The molecule has 1 aromatic heterocycles. The number of amides is 1. The molecule has 1 N–H and O–H groups in total. The highest BCUT2D eigenvalue weighted by molar-refractivity contribution is 5.94. The fourth-order valence-corrected chi connectivity index (χ4v) is 3.82. The first-order valence-corrected chi connectivity index (χ1v) is 9.55. The molecule has 1 aliphatic heterocycles. The van der Waals surface area contributed by atoms with E-state index in [0.29, 0.717) is 18.9 Å². The topological polar surface area (TPSA) is 61.9 Å². The number of aromatic amines is 1.